The number of fused-ring (bicyclic) bond motifs is 1. The van der Waals surface area contributed by atoms with Crippen LogP contribution in [0.3, 0.4) is 0 Å². The van der Waals surface area contributed by atoms with Gasteiger partial charge in [-0.2, -0.15) is 0 Å². The summed E-state index contributed by atoms with van der Waals surface area (Å²) in [7, 11) is 1.59. The Kier molecular flexibility index (Phi) is 4.44. The first-order chi connectivity index (χ1) is 11.5. The number of hydrogen-bond donors (Lipinski definition) is 2. The van der Waals surface area contributed by atoms with Gasteiger partial charge < -0.3 is 15.0 Å². The van der Waals surface area contributed by atoms with E-state index in [1.807, 2.05) is 42.5 Å². The van der Waals surface area contributed by atoms with Crippen LogP contribution in [0.2, 0.25) is 0 Å². The summed E-state index contributed by atoms with van der Waals surface area (Å²) in [5, 5.41) is 15.1. The quantitative estimate of drug-likeness (QED) is 0.772. The fraction of sp³-hybridized carbons (Fsp3) is 0.158. The number of carbonyl (C=O) groups excluding carboxylic acids is 1. The van der Waals surface area contributed by atoms with E-state index in [0.29, 0.717) is 5.56 Å². The van der Waals surface area contributed by atoms with Crippen molar-refractivity contribution in [3.63, 3.8) is 0 Å². The van der Waals surface area contributed by atoms with E-state index in [-0.39, 0.29) is 18.0 Å². The van der Waals surface area contributed by atoms with Crippen molar-refractivity contribution in [2.75, 3.05) is 6.54 Å². The van der Waals surface area contributed by atoms with Crippen molar-refractivity contribution in [3.05, 3.63) is 82.3 Å². The Morgan fingerprint density at radius 1 is 1.12 bits per heavy atom. The third kappa shape index (κ3) is 3.36. The molecular weight excluding hydrogens is 304 g/mol. The molecule has 2 N–H and O–H groups in total. The smallest absolute Gasteiger partial charge is 0.252 e. The molecule has 0 aliphatic rings. The summed E-state index contributed by atoms with van der Waals surface area (Å²) in [6.45, 7) is 0.0972. The molecule has 0 aliphatic heterocycles. The van der Waals surface area contributed by atoms with E-state index >= 15 is 0 Å². The summed E-state index contributed by atoms with van der Waals surface area (Å²) >= 11 is 0. The Hall–Kier alpha value is -2.92. The Morgan fingerprint density at radius 3 is 2.62 bits per heavy atom. The molecule has 5 nitrogen and oxygen atoms in total. The van der Waals surface area contributed by atoms with Gasteiger partial charge in [0.1, 0.15) is 0 Å². The van der Waals surface area contributed by atoms with Crippen LogP contribution in [-0.2, 0) is 7.05 Å². The van der Waals surface area contributed by atoms with E-state index in [0.717, 1.165) is 16.3 Å². The van der Waals surface area contributed by atoms with Crippen LogP contribution in [0.15, 0.2) is 65.6 Å². The second kappa shape index (κ2) is 6.68. The number of nitrogens with one attached hydrogen (secondary N) is 1. The number of hydrogen-bond acceptors (Lipinski definition) is 3. The maximum atomic E-state index is 12.1. The molecule has 1 atom stereocenters. The second-order valence-corrected chi connectivity index (χ2v) is 5.70. The zero-order valence-electron chi connectivity index (χ0n) is 13.3. The number of aliphatic hydroxyl groups is 1. The van der Waals surface area contributed by atoms with E-state index in [1.165, 1.54) is 22.9 Å². The van der Waals surface area contributed by atoms with Gasteiger partial charge in [0.2, 0.25) is 5.56 Å². The molecule has 0 aliphatic carbocycles. The predicted molar refractivity (Wildman–Crippen MR) is 92.9 cm³/mol. The van der Waals surface area contributed by atoms with Gasteiger partial charge in [0.15, 0.2) is 0 Å². The summed E-state index contributed by atoms with van der Waals surface area (Å²) in [6.07, 6.45) is 0.672. The predicted octanol–water partition coefficient (Wildman–Crippen LogP) is 2.00. The number of amides is 1. The van der Waals surface area contributed by atoms with Crippen LogP contribution < -0.4 is 10.9 Å². The molecule has 1 unspecified atom stereocenters. The normalized spacial score (nSPS) is 12.1. The fourth-order valence-corrected chi connectivity index (χ4v) is 2.55. The second-order valence-electron chi connectivity index (χ2n) is 5.70. The van der Waals surface area contributed by atoms with Gasteiger partial charge in [0.25, 0.3) is 5.91 Å². The van der Waals surface area contributed by atoms with Gasteiger partial charge in [-0.25, -0.2) is 0 Å². The maximum absolute atomic E-state index is 12.1. The summed E-state index contributed by atoms with van der Waals surface area (Å²) in [5.74, 6) is -0.328. The maximum Gasteiger partial charge on any atom is 0.252 e. The van der Waals surface area contributed by atoms with Crippen molar-refractivity contribution in [1.29, 1.82) is 0 Å². The third-order valence-corrected chi connectivity index (χ3v) is 3.96. The van der Waals surface area contributed by atoms with Gasteiger partial charge in [-0.3, -0.25) is 9.59 Å². The minimum atomic E-state index is -0.800. The van der Waals surface area contributed by atoms with Crippen LogP contribution >= 0.6 is 0 Å². The number of rotatable bonds is 4. The van der Waals surface area contributed by atoms with Crippen molar-refractivity contribution in [2.45, 2.75) is 6.10 Å². The molecule has 1 heterocycles. The van der Waals surface area contributed by atoms with Gasteiger partial charge in [-0.1, -0.05) is 36.4 Å². The number of carbonyl (C=O) groups is 1. The molecule has 0 fully saturated rings. The summed E-state index contributed by atoms with van der Waals surface area (Å²) < 4.78 is 1.34. The zero-order chi connectivity index (χ0) is 17.1. The standard InChI is InChI=1S/C19H18N2O3/c1-21-12-16(8-9-18(21)23)19(24)20-11-17(22)15-7-6-13-4-2-3-5-14(13)10-15/h2-10,12,17,22H,11H2,1H3,(H,20,24). The molecule has 1 aromatic heterocycles. The molecule has 2 aromatic carbocycles. The van der Waals surface area contributed by atoms with Crippen molar-refractivity contribution < 1.29 is 9.90 Å². The summed E-state index contributed by atoms with van der Waals surface area (Å²) in [5.41, 5.74) is 0.944. The first kappa shape index (κ1) is 16.0. The fourth-order valence-electron chi connectivity index (χ4n) is 2.55. The molecule has 0 saturated carbocycles. The van der Waals surface area contributed by atoms with Crippen LogP contribution in [0.4, 0.5) is 0 Å². The molecule has 3 rings (SSSR count). The van der Waals surface area contributed by atoms with E-state index in [9.17, 15) is 14.7 Å². The number of benzene rings is 2. The van der Waals surface area contributed by atoms with Crippen molar-refractivity contribution in [3.8, 4) is 0 Å². The van der Waals surface area contributed by atoms with Crippen LogP contribution in [0.5, 0.6) is 0 Å². The highest BCUT2D eigenvalue weighted by atomic mass is 16.3. The first-order valence-electron chi connectivity index (χ1n) is 7.66. The average Bonchev–Trinajstić information content (AvgIpc) is 2.61. The monoisotopic (exact) mass is 322 g/mol. The SMILES string of the molecule is Cn1cc(C(=O)NCC(O)c2ccc3ccccc3c2)ccc1=O. The molecule has 1 amide bonds. The van der Waals surface area contributed by atoms with E-state index in [1.54, 1.807) is 7.05 Å². The zero-order valence-corrected chi connectivity index (χ0v) is 13.3. The summed E-state index contributed by atoms with van der Waals surface area (Å²) in [6, 6.07) is 16.4. The molecular formula is C19H18N2O3. The molecule has 0 spiro atoms. The lowest BCUT2D eigenvalue weighted by Gasteiger charge is -2.13. The average molecular weight is 322 g/mol. The van der Waals surface area contributed by atoms with Crippen molar-refractivity contribution >= 4 is 16.7 Å². The number of nitrogens with zero attached hydrogens (tertiary/aromatic N) is 1. The lowest BCUT2D eigenvalue weighted by atomic mass is 10.0. The lowest BCUT2D eigenvalue weighted by Crippen LogP contribution is -2.29. The van der Waals surface area contributed by atoms with Crippen molar-refractivity contribution in [1.82, 2.24) is 9.88 Å². The van der Waals surface area contributed by atoms with Crippen LogP contribution in [0, 0.1) is 0 Å². The Bertz CT molecular complexity index is 946. The molecule has 24 heavy (non-hydrogen) atoms. The highest BCUT2D eigenvalue weighted by molar-refractivity contribution is 5.93. The first-order valence-corrected chi connectivity index (χ1v) is 7.66. The molecule has 5 heteroatoms. The van der Waals surface area contributed by atoms with Gasteiger partial charge in [0.05, 0.1) is 11.7 Å². The minimum Gasteiger partial charge on any atom is -0.387 e. The van der Waals surface area contributed by atoms with Crippen molar-refractivity contribution in [2.24, 2.45) is 7.05 Å². The van der Waals surface area contributed by atoms with E-state index in [2.05, 4.69) is 5.32 Å². The Labute approximate surface area is 139 Å². The highest BCUT2D eigenvalue weighted by Crippen LogP contribution is 2.20. The van der Waals surface area contributed by atoms with Gasteiger partial charge in [0, 0.05) is 25.9 Å². The van der Waals surface area contributed by atoms with E-state index in [4.69, 9.17) is 0 Å². The number of aryl methyl sites for hydroxylation is 1. The van der Waals surface area contributed by atoms with Gasteiger partial charge in [-0.15, -0.1) is 0 Å². The minimum absolute atomic E-state index is 0.0972. The summed E-state index contributed by atoms with van der Waals surface area (Å²) in [4.78, 5) is 23.5. The lowest BCUT2D eigenvalue weighted by molar-refractivity contribution is 0.0915. The molecule has 3 aromatic rings. The van der Waals surface area contributed by atoms with Crippen LogP contribution in [0.25, 0.3) is 10.8 Å². The largest absolute Gasteiger partial charge is 0.387 e. The molecule has 0 radical (unpaired) electrons. The molecule has 0 saturated heterocycles. The van der Waals surface area contributed by atoms with Crippen LogP contribution in [0.1, 0.15) is 22.0 Å². The van der Waals surface area contributed by atoms with Crippen LogP contribution in [-0.4, -0.2) is 22.1 Å². The van der Waals surface area contributed by atoms with Gasteiger partial charge in [-0.05, 0) is 28.5 Å². The van der Waals surface area contributed by atoms with E-state index < -0.39 is 6.10 Å². The number of aliphatic hydroxyl groups excluding tert-OH is 1. The molecule has 0 bridgehead atoms. The Balaban J connectivity index is 1.69. The highest BCUT2D eigenvalue weighted by Gasteiger charge is 2.12. The third-order valence-electron chi connectivity index (χ3n) is 3.96. The molecule has 122 valence electrons. The topological polar surface area (TPSA) is 71.3 Å². The number of aromatic nitrogens is 1. The number of pyridine rings is 1. The van der Waals surface area contributed by atoms with Gasteiger partial charge >= 0.3 is 0 Å². The Morgan fingerprint density at radius 2 is 1.88 bits per heavy atom.